The molecule has 2 rings (SSSR count). The van der Waals surface area contributed by atoms with Gasteiger partial charge in [-0.25, -0.2) is 4.79 Å². The molecule has 1 aromatic rings. The molecule has 1 saturated heterocycles. The number of carbonyl (C=O) groups is 1. The minimum atomic E-state index is -0.118. The molecule has 7 heteroatoms. The number of anilines is 1. The van der Waals surface area contributed by atoms with Crippen molar-refractivity contribution in [2.75, 3.05) is 18.4 Å². The maximum atomic E-state index is 12.2. The van der Waals surface area contributed by atoms with Crippen molar-refractivity contribution in [3.63, 3.8) is 0 Å². The molecule has 0 spiro atoms. The number of piperidine rings is 1. The average molecular weight is 281 g/mol. The van der Waals surface area contributed by atoms with Gasteiger partial charge in [-0.2, -0.15) is 5.10 Å². The highest BCUT2D eigenvalue weighted by Gasteiger charge is 2.22. The summed E-state index contributed by atoms with van der Waals surface area (Å²) in [6.07, 6.45) is 3.65. The zero-order chi connectivity index (χ0) is 14.0. The van der Waals surface area contributed by atoms with E-state index >= 15 is 0 Å². The zero-order valence-corrected chi connectivity index (χ0v) is 12.0. The molecule has 0 radical (unpaired) electrons. The number of nitrogens with one attached hydrogen (secondary N) is 1. The number of amides is 2. The maximum absolute atomic E-state index is 12.2. The molecule has 0 bridgehead atoms. The van der Waals surface area contributed by atoms with Gasteiger partial charge in [0.25, 0.3) is 0 Å². The van der Waals surface area contributed by atoms with Crippen LogP contribution in [0.15, 0.2) is 6.20 Å². The van der Waals surface area contributed by atoms with Crippen LogP contribution < -0.4 is 11.1 Å². The molecule has 0 unspecified atom stereocenters. The number of carbonyl (C=O) groups excluding carboxylic acids is 1. The van der Waals surface area contributed by atoms with E-state index in [-0.39, 0.29) is 11.0 Å². The molecule has 19 heavy (non-hydrogen) atoms. The topological polar surface area (TPSA) is 76.2 Å². The molecule has 1 aliphatic heterocycles. The second-order valence-corrected chi connectivity index (χ2v) is 5.43. The molecule has 104 valence electrons. The summed E-state index contributed by atoms with van der Waals surface area (Å²) in [6, 6.07) is -0.118. The first kappa shape index (κ1) is 13.8. The highest BCUT2D eigenvalue weighted by molar-refractivity contribution is 7.80. The number of rotatable bonds is 2. The van der Waals surface area contributed by atoms with E-state index in [2.05, 4.69) is 17.3 Å². The van der Waals surface area contributed by atoms with E-state index in [1.807, 2.05) is 4.90 Å². The van der Waals surface area contributed by atoms with Crippen LogP contribution in [-0.2, 0) is 7.05 Å². The maximum Gasteiger partial charge on any atom is 0.323 e. The van der Waals surface area contributed by atoms with Crippen molar-refractivity contribution < 1.29 is 4.79 Å². The Morgan fingerprint density at radius 3 is 2.74 bits per heavy atom. The van der Waals surface area contributed by atoms with Gasteiger partial charge < -0.3 is 10.6 Å². The SMILES string of the molecule is CC1CCN(C(=O)Nc2c(C(N)=S)cnn2C)CC1. The quantitative estimate of drug-likeness (QED) is 0.802. The van der Waals surface area contributed by atoms with E-state index in [1.165, 1.54) is 0 Å². The van der Waals surface area contributed by atoms with Gasteiger partial charge in [-0.05, 0) is 18.8 Å². The summed E-state index contributed by atoms with van der Waals surface area (Å²) in [5, 5.41) is 6.91. The standard InChI is InChI=1S/C12H19N5OS/c1-8-3-5-17(6-4-8)12(18)15-11-9(10(13)19)7-14-16(11)2/h7-8H,3-6H2,1-2H3,(H2,13,19)(H,15,18). The van der Waals surface area contributed by atoms with E-state index in [0.717, 1.165) is 25.9 Å². The molecule has 3 N–H and O–H groups in total. The monoisotopic (exact) mass is 281 g/mol. The lowest BCUT2D eigenvalue weighted by Gasteiger charge is -2.30. The minimum absolute atomic E-state index is 0.118. The number of nitrogens with two attached hydrogens (primary N) is 1. The number of hydrogen-bond donors (Lipinski definition) is 2. The van der Waals surface area contributed by atoms with Gasteiger partial charge in [0.05, 0.1) is 11.8 Å². The Kier molecular flexibility index (Phi) is 4.04. The van der Waals surface area contributed by atoms with Crippen molar-refractivity contribution in [1.82, 2.24) is 14.7 Å². The molecule has 0 aromatic carbocycles. The van der Waals surface area contributed by atoms with Gasteiger partial charge in [-0.1, -0.05) is 19.1 Å². The van der Waals surface area contributed by atoms with Crippen molar-refractivity contribution in [1.29, 1.82) is 0 Å². The second-order valence-electron chi connectivity index (χ2n) is 4.99. The van der Waals surface area contributed by atoms with Crippen molar-refractivity contribution in [3.05, 3.63) is 11.8 Å². The van der Waals surface area contributed by atoms with Crippen LogP contribution in [0.1, 0.15) is 25.3 Å². The van der Waals surface area contributed by atoms with Gasteiger partial charge in [0, 0.05) is 20.1 Å². The Balaban J connectivity index is 2.07. The number of urea groups is 1. The molecule has 0 saturated carbocycles. The molecule has 1 fully saturated rings. The molecule has 1 aliphatic rings. The van der Waals surface area contributed by atoms with Crippen LogP contribution in [-0.4, -0.2) is 38.8 Å². The van der Waals surface area contributed by atoms with Gasteiger partial charge in [0.1, 0.15) is 10.8 Å². The molecule has 6 nitrogen and oxygen atoms in total. The lowest BCUT2D eigenvalue weighted by Crippen LogP contribution is -2.41. The molecular weight excluding hydrogens is 262 g/mol. The van der Waals surface area contributed by atoms with Crippen LogP contribution in [0.5, 0.6) is 0 Å². The largest absolute Gasteiger partial charge is 0.389 e. The summed E-state index contributed by atoms with van der Waals surface area (Å²) in [5.41, 5.74) is 6.21. The van der Waals surface area contributed by atoms with Gasteiger partial charge in [0.2, 0.25) is 0 Å². The van der Waals surface area contributed by atoms with E-state index in [9.17, 15) is 4.79 Å². The van der Waals surface area contributed by atoms with Gasteiger partial charge in [0.15, 0.2) is 0 Å². The first-order valence-corrected chi connectivity index (χ1v) is 6.77. The van der Waals surface area contributed by atoms with Crippen LogP contribution in [0.2, 0.25) is 0 Å². The normalized spacial score (nSPS) is 16.4. The number of hydrogen-bond acceptors (Lipinski definition) is 3. The molecule has 1 aromatic heterocycles. The van der Waals surface area contributed by atoms with Crippen LogP contribution in [0, 0.1) is 5.92 Å². The van der Waals surface area contributed by atoms with Crippen LogP contribution in [0.4, 0.5) is 10.6 Å². The summed E-state index contributed by atoms with van der Waals surface area (Å²) >= 11 is 4.95. The Bertz CT molecular complexity index is 490. The summed E-state index contributed by atoms with van der Waals surface area (Å²) < 4.78 is 1.57. The molecule has 2 amide bonds. The number of aryl methyl sites for hydroxylation is 1. The van der Waals surface area contributed by atoms with Crippen LogP contribution >= 0.6 is 12.2 Å². The van der Waals surface area contributed by atoms with Crippen molar-refractivity contribution >= 4 is 29.1 Å². The Labute approximate surface area is 117 Å². The smallest absolute Gasteiger partial charge is 0.323 e. The third-order valence-electron chi connectivity index (χ3n) is 3.50. The third kappa shape index (κ3) is 3.04. The minimum Gasteiger partial charge on any atom is -0.389 e. The Hall–Kier alpha value is -1.63. The highest BCUT2D eigenvalue weighted by Crippen LogP contribution is 2.18. The van der Waals surface area contributed by atoms with E-state index in [4.69, 9.17) is 18.0 Å². The lowest BCUT2D eigenvalue weighted by atomic mass is 10.00. The summed E-state index contributed by atoms with van der Waals surface area (Å²) in [6.45, 7) is 3.78. The Morgan fingerprint density at radius 2 is 2.16 bits per heavy atom. The fourth-order valence-corrected chi connectivity index (χ4v) is 2.31. The van der Waals surface area contributed by atoms with Gasteiger partial charge >= 0.3 is 6.03 Å². The summed E-state index contributed by atoms with van der Waals surface area (Å²) in [5.74, 6) is 1.24. The third-order valence-corrected chi connectivity index (χ3v) is 3.72. The van der Waals surface area contributed by atoms with Gasteiger partial charge in [-0.3, -0.25) is 10.00 Å². The number of thiocarbonyl (C=S) groups is 1. The highest BCUT2D eigenvalue weighted by atomic mass is 32.1. The van der Waals surface area contributed by atoms with E-state index in [0.29, 0.717) is 17.3 Å². The van der Waals surface area contributed by atoms with E-state index in [1.54, 1.807) is 17.9 Å². The Morgan fingerprint density at radius 1 is 1.53 bits per heavy atom. The lowest BCUT2D eigenvalue weighted by molar-refractivity contribution is 0.186. The van der Waals surface area contributed by atoms with E-state index < -0.39 is 0 Å². The summed E-state index contributed by atoms with van der Waals surface area (Å²) in [4.78, 5) is 14.2. The zero-order valence-electron chi connectivity index (χ0n) is 11.2. The van der Waals surface area contributed by atoms with Gasteiger partial charge in [-0.15, -0.1) is 0 Å². The molecule has 2 heterocycles. The number of nitrogens with zero attached hydrogens (tertiary/aromatic N) is 3. The number of likely N-dealkylation sites (tertiary alicyclic amines) is 1. The fourth-order valence-electron chi connectivity index (χ4n) is 2.16. The fraction of sp³-hybridized carbons (Fsp3) is 0.583. The number of aromatic nitrogens is 2. The summed E-state index contributed by atoms with van der Waals surface area (Å²) in [7, 11) is 1.75. The predicted molar refractivity (Wildman–Crippen MR) is 78.1 cm³/mol. The first-order chi connectivity index (χ1) is 8.99. The molecule has 0 atom stereocenters. The molecule has 0 aliphatic carbocycles. The predicted octanol–water partition coefficient (Wildman–Crippen LogP) is 1.32. The van der Waals surface area contributed by atoms with Crippen molar-refractivity contribution in [3.8, 4) is 0 Å². The molecular formula is C12H19N5OS. The second kappa shape index (κ2) is 5.56. The average Bonchev–Trinajstić information content (AvgIpc) is 2.72. The van der Waals surface area contributed by atoms with Crippen molar-refractivity contribution in [2.24, 2.45) is 18.7 Å². The van der Waals surface area contributed by atoms with Crippen LogP contribution in [0.25, 0.3) is 0 Å². The first-order valence-electron chi connectivity index (χ1n) is 6.36. The van der Waals surface area contributed by atoms with Crippen molar-refractivity contribution in [2.45, 2.75) is 19.8 Å². The van der Waals surface area contributed by atoms with Crippen LogP contribution in [0.3, 0.4) is 0 Å².